The number of hydrogen-bond donors (Lipinski definition) is 1. The Bertz CT molecular complexity index is 544. The monoisotopic (exact) mass is 315 g/mol. The van der Waals surface area contributed by atoms with Crippen LogP contribution in [0.1, 0.15) is 30.4 Å². The van der Waals surface area contributed by atoms with Gasteiger partial charge in [-0.1, -0.05) is 12.1 Å². The number of hydrogen-bond acceptors (Lipinski definition) is 3. The number of aryl methyl sites for hydroxylation is 1. The van der Waals surface area contributed by atoms with Gasteiger partial charge in [0.15, 0.2) is 0 Å². The predicted octanol–water partition coefficient (Wildman–Crippen LogP) is 2.34. The van der Waals surface area contributed by atoms with Crippen LogP contribution in [0.5, 0.6) is 0 Å². The van der Waals surface area contributed by atoms with Crippen molar-refractivity contribution < 1.29 is 4.79 Å². The standard InChI is InChI=1S/C19H29N3O/c1-15-4-3-5-18(16(15)2)21-10-12-22(13-11-21)19(23)7-6-17-8-9-20-14-17/h3-5,17,20H,6-14H2,1-2H3. The smallest absolute Gasteiger partial charge is 0.222 e. The van der Waals surface area contributed by atoms with E-state index < -0.39 is 0 Å². The Kier molecular flexibility index (Phi) is 5.21. The van der Waals surface area contributed by atoms with Gasteiger partial charge in [-0.05, 0) is 62.9 Å². The van der Waals surface area contributed by atoms with Crippen molar-refractivity contribution in [2.24, 2.45) is 5.92 Å². The van der Waals surface area contributed by atoms with Gasteiger partial charge < -0.3 is 15.1 Å². The largest absolute Gasteiger partial charge is 0.368 e. The summed E-state index contributed by atoms with van der Waals surface area (Å²) in [6.07, 6.45) is 2.99. The number of anilines is 1. The summed E-state index contributed by atoms with van der Waals surface area (Å²) in [5.74, 6) is 1.05. The zero-order chi connectivity index (χ0) is 16.2. The third-order valence-electron chi connectivity index (χ3n) is 5.48. The van der Waals surface area contributed by atoms with Crippen molar-refractivity contribution in [3.63, 3.8) is 0 Å². The van der Waals surface area contributed by atoms with E-state index in [1.165, 1.54) is 23.2 Å². The van der Waals surface area contributed by atoms with Gasteiger partial charge in [0.25, 0.3) is 0 Å². The van der Waals surface area contributed by atoms with Crippen molar-refractivity contribution in [3.8, 4) is 0 Å². The fraction of sp³-hybridized carbons (Fsp3) is 0.632. The first kappa shape index (κ1) is 16.3. The number of rotatable bonds is 4. The van der Waals surface area contributed by atoms with Gasteiger partial charge in [0.1, 0.15) is 0 Å². The molecule has 0 bridgehead atoms. The molecule has 2 aliphatic rings. The molecule has 2 fully saturated rings. The Hall–Kier alpha value is -1.55. The van der Waals surface area contributed by atoms with E-state index in [-0.39, 0.29) is 0 Å². The van der Waals surface area contributed by atoms with Gasteiger partial charge in [0.05, 0.1) is 0 Å². The highest BCUT2D eigenvalue weighted by molar-refractivity contribution is 5.76. The van der Waals surface area contributed by atoms with E-state index in [4.69, 9.17) is 0 Å². The van der Waals surface area contributed by atoms with Gasteiger partial charge in [-0.2, -0.15) is 0 Å². The Balaban J connectivity index is 1.49. The third kappa shape index (κ3) is 3.86. The average Bonchev–Trinajstić information content (AvgIpc) is 3.09. The van der Waals surface area contributed by atoms with Gasteiger partial charge >= 0.3 is 0 Å². The number of carbonyl (C=O) groups excluding carboxylic acids is 1. The quantitative estimate of drug-likeness (QED) is 0.926. The summed E-state index contributed by atoms with van der Waals surface area (Å²) in [6, 6.07) is 6.49. The first-order chi connectivity index (χ1) is 11.1. The normalized spacial score (nSPS) is 21.7. The minimum atomic E-state index is 0.345. The number of carbonyl (C=O) groups is 1. The van der Waals surface area contributed by atoms with Crippen LogP contribution in [0.15, 0.2) is 18.2 Å². The van der Waals surface area contributed by atoms with E-state index in [1.54, 1.807) is 0 Å². The van der Waals surface area contributed by atoms with Gasteiger partial charge in [0.2, 0.25) is 5.91 Å². The van der Waals surface area contributed by atoms with Crippen molar-refractivity contribution in [2.45, 2.75) is 33.1 Å². The van der Waals surface area contributed by atoms with Crippen LogP contribution in [0.25, 0.3) is 0 Å². The molecule has 1 unspecified atom stereocenters. The molecule has 2 saturated heterocycles. The minimum Gasteiger partial charge on any atom is -0.368 e. The fourth-order valence-corrected chi connectivity index (χ4v) is 3.72. The molecule has 1 amide bonds. The molecule has 23 heavy (non-hydrogen) atoms. The number of nitrogens with one attached hydrogen (secondary N) is 1. The Labute approximate surface area is 139 Å². The maximum atomic E-state index is 12.4. The molecule has 4 heteroatoms. The summed E-state index contributed by atoms with van der Waals surface area (Å²) >= 11 is 0. The molecule has 126 valence electrons. The van der Waals surface area contributed by atoms with Gasteiger partial charge in [0, 0.05) is 38.3 Å². The second-order valence-corrected chi connectivity index (χ2v) is 6.98. The van der Waals surface area contributed by atoms with Crippen molar-refractivity contribution in [1.29, 1.82) is 0 Å². The summed E-state index contributed by atoms with van der Waals surface area (Å²) < 4.78 is 0. The van der Waals surface area contributed by atoms with Crippen LogP contribution in [0, 0.1) is 19.8 Å². The number of benzene rings is 1. The van der Waals surface area contributed by atoms with Crippen LogP contribution in [-0.4, -0.2) is 50.1 Å². The topological polar surface area (TPSA) is 35.6 Å². The highest BCUT2D eigenvalue weighted by atomic mass is 16.2. The van der Waals surface area contributed by atoms with Crippen molar-refractivity contribution in [2.75, 3.05) is 44.2 Å². The molecule has 0 spiro atoms. The zero-order valence-corrected chi connectivity index (χ0v) is 14.5. The first-order valence-corrected chi connectivity index (χ1v) is 8.95. The molecule has 1 atom stereocenters. The van der Waals surface area contributed by atoms with Crippen LogP contribution in [0.4, 0.5) is 5.69 Å². The maximum Gasteiger partial charge on any atom is 0.222 e. The SMILES string of the molecule is Cc1cccc(N2CCN(C(=O)CCC3CCNC3)CC2)c1C. The second kappa shape index (κ2) is 7.35. The van der Waals surface area contributed by atoms with Crippen LogP contribution < -0.4 is 10.2 Å². The fourth-order valence-electron chi connectivity index (χ4n) is 3.72. The highest BCUT2D eigenvalue weighted by Crippen LogP contribution is 2.24. The van der Waals surface area contributed by atoms with E-state index in [2.05, 4.69) is 47.2 Å². The van der Waals surface area contributed by atoms with Crippen LogP contribution in [0.2, 0.25) is 0 Å². The first-order valence-electron chi connectivity index (χ1n) is 8.95. The lowest BCUT2D eigenvalue weighted by atomic mass is 10.0. The predicted molar refractivity (Wildman–Crippen MR) is 94.9 cm³/mol. The summed E-state index contributed by atoms with van der Waals surface area (Å²) in [6.45, 7) is 10.2. The lowest BCUT2D eigenvalue weighted by Crippen LogP contribution is -2.49. The van der Waals surface area contributed by atoms with Crippen LogP contribution >= 0.6 is 0 Å². The summed E-state index contributed by atoms with van der Waals surface area (Å²) in [5, 5.41) is 3.38. The zero-order valence-electron chi connectivity index (χ0n) is 14.5. The van der Waals surface area contributed by atoms with E-state index in [1.807, 2.05) is 0 Å². The highest BCUT2D eigenvalue weighted by Gasteiger charge is 2.23. The van der Waals surface area contributed by atoms with Crippen LogP contribution in [0.3, 0.4) is 0 Å². The molecule has 0 aliphatic carbocycles. The Morgan fingerprint density at radius 3 is 2.70 bits per heavy atom. The maximum absolute atomic E-state index is 12.4. The molecule has 1 aromatic rings. The summed E-state index contributed by atoms with van der Waals surface area (Å²) in [7, 11) is 0. The van der Waals surface area contributed by atoms with E-state index >= 15 is 0 Å². The Morgan fingerprint density at radius 2 is 2.00 bits per heavy atom. The van der Waals surface area contributed by atoms with E-state index in [0.29, 0.717) is 11.8 Å². The minimum absolute atomic E-state index is 0.345. The van der Waals surface area contributed by atoms with Crippen molar-refractivity contribution >= 4 is 11.6 Å². The molecule has 0 aromatic heterocycles. The van der Waals surface area contributed by atoms with Crippen molar-refractivity contribution in [3.05, 3.63) is 29.3 Å². The number of nitrogens with zero attached hydrogens (tertiary/aromatic N) is 2. The lowest BCUT2D eigenvalue weighted by molar-refractivity contribution is -0.131. The van der Waals surface area contributed by atoms with Gasteiger partial charge in [-0.15, -0.1) is 0 Å². The molecule has 2 aliphatic heterocycles. The molecule has 4 nitrogen and oxygen atoms in total. The molecule has 2 heterocycles. The average molecular weight is 315 g/mol. The number of piperazine rings is 1. The molecular formula is C19H29N3O. The lowest BCUT2D eigenvalue weighted by Gasteiger charge is -2.37. The second-order valence-electron chi connectivity index (χ2n) is 6.98. The molecule has 0 radical (unpaired) electrons. The Morgan fingerprint density at radius 1 is 1.22 bits per heavy atom. The third-order valence-corrected chi connectivity index (χ3v) is 5.48. The van der Waals surface area contributed by atoms with E-state index in [9.17, 15) is 4.79 Å². The molecular weight excluding hydrogens is 286 g/mol. The number of amides is 1. The van der Waals surface area contributed by atoms with E-state index in [0.717, 1.165) is 52.1 Å². The molecule has 0 saturated carbocycles. The summed E-state index contributed by atoms with van der Waals surface area (Å²) in [5.41, 5.74) is 4.03. The molecule has 3 rings (SSSR count). The molecule has 1 N–H and O–H groups in total. The van der Waals surface area contributed by atoms with Gasteiger partial charge in [-0.25, -0.2) is 0 Å². The van der Waals surface area contributed by atoms with Crippen LogP contribution in [-0.2, 0) is 4.79 Å². The molecule has 1 aromatic carbocycles. The summed E-state index contributed by atoms with van der Waals surface area (Å²) in [4.78, 5) is 16.9. The van der Waals surface area contributed by atoms with Gasteiger partial charge in [-0.3, -0.25) is 4.79 Å². The van der Waals surface area contributed by atoms with Crippen molar-refractivity contribution in [1.82, 2.24) is 10.2 Å².